The lowest BCUT2D eigenvalue weighted by Crippen LogP contribution is -2.61. The smallest absolute Gasteiger partial charge is 0.344 e. The second-order valence-electron chi connectivity index (χ2n) is 36.5. The standard InChI is InChI=1S/C20H32O2.C18H24O8.C16H26O3.C16H28O2.C10H16O4/c1-5-19(3,4)18(21)22-20(6-2)11-14-10-15(20)17-13-8-7-12(9-13)16(14)17;1-5-18(2,3)17(22)24-7-10(19)25-13-8-6-9-12(11(8)15(20)23-4)16(21)26-14(9)13;1-4-14(2,3)13(17)19-16-8-11-5-12(9-16)7-15(18,6-11)10-16;1-5-14(2,3)13(17)18-15(4)9-8-12-16(15)10-6-7-11-16;1-4-10(2,3)9(12)14-7-5-8(11)13-6-7/h12-17H,5-11H2,1-4H3;8-9,11-14H,5-7H2,1-4H3;11-12,18H,4-10H2,1-3H3;5-12H2,1-4H3;7H,4-6H2,1-3H3. The molecule has 12 saturated carbocycles. The molecule has 14 fully saturated rings. The Morgan fingerprint density at radius 2 is 1.11 bits per heavy atom. The molecule has 2 aliphatic heterocycles. The molecule has 0 aromatic carbocycles. The lowest BCUT2D eigenvalue weighted by molar-refractivity contribution is -0.225. The van der Waals surface area contributed by atoms with Crippen molar-refractivity contribution in [3.63, 3.8) is 0 Å². The summed E-state index contributed by atoms with van der Waals surface area (Å²) in [4.78, 5) is 108. The number of cyclic esters (lactones) is 1. The Labute approximate surface area is 591 Å². The molecule has 0 aromatic heterocycles. The molecule has 99 heavy (non-hydrogen) atoms. The van der Waals surface area contributed by atoms with Crippen molar-refractivity contribution in [3.8, 4) is 0 Å². The second-order valence-corrected chi connectivity index (χ2v) is 36.5. The molecule has 19 heteroatoms. The number of hydrogen-bond acceptors (Lipinski definition) is 19. The van der Waals surface area contributed by atoms with Gasteiger partial charge >= 0.3 is 53.7 Å². The fourth-order valence-corrected chi connectivity index (χ4v) is 20.5. The Balaban J connectivity index is 0.000000147. The largest absolute Gasteiger partial charge is 0.469 e. The maximum Gasteiger partial charge on any atom is 0.344 e. The number of carbonyl (C=O) groups is 9. The predicted octanol–water partition coefficient (Wildman–Crippen LogP) is 14.5. The van der Waals surface area contributed by atoms with Gasteiger partial charge in [-0.25, -0.2) is 4.79 Å². The topological polar surface area (TPSA) is 257 Å². The van der Waals surface area contributed by atoms with Crippen LogP contribution in [0.1, 0.15) is 285 Å². The molecule has 12 aliphatic carbocycles. The van der Waals surface area contributed by atoms with E-state index in [0.717, 1.165) is 93.8 Å². The van der Waals surface area contributed by atoms with E-state index in [2.05, 4.69) is 27.7 Å². The van der Waals surface area contributed by atoms with Gasteiger partial charge in [0.15, 0.2) is 6.61 Å². The molecule has 0 aromatic rings. The van der Waals surface area contributed by atoms with E-state index in [4.69, 9.17) is 42.6 Å². The number of aliphatic hydroxyl groups is 1. The molecule has 1 spiro atoms. The van der Waals surface area contributed by atoms with E-state index < -0.39 is 76.4 Å². The van der Waals surface area contributed by atoms with Gasteiger partial charge in [-0.15, -0.1) is 0 Å². The van der Waals surface area contributed by atoms with E-state index in [9.17, 15) is 48.3 Å². The van der Waals surface area contributed by atoms with Crippen LogP contribution in [-0.4, -0.2) is 120 Å². The van der Waals surface area contributed by atoms with Gasteiger partial charge in [-0.2, -0.15) is 0 Å². The van der Waals surface area contributed by atoms with Gasteiger partial charge in [0.25, 0.3) is 0 Å². The first-order chi connectivity index (χ1) is 46.2. The Hall–Kier alpha value is -4.81. The molecule has 2 saturated heterocycles. The van der Waals surface area contributed by atoms with Crippen LogP contribution in [0.3, 0.4) is 0 Å². The molecule has 17 atom stereocenters. The maximum atomic E-state index is 12.7. The van der Waals surface area contributed by atoms with Crippen molar-refractivity contribution < 1.29 is 90.9 Å². The first-order valence-corrected chi connectivity index (χ1v) is 38.6. The highest BCUT2D eigenvalue weighted by atomic mass is 16.6. The summed E-state index contributed by atoms with van der Waals surface area (Å²) in [5.74, 6) is 2.12. The minimum absolute atomic E-state index is 0.000625. The molecule has 1 N–H and O–H groups in total. The highest BCUT2D eigenvalue weighted by Gasteiger charge is 2.71. The molecule has 0 amide bonds. The van der Waals surface area contributed by atoms with Gasteiger partial charge in [-0.05, 0) is 259 Å². The predicted molar refractivity (Wildman–Crippen MR) is 368 cm³/mol. The molecule has 0 radical (unpaired) electrons. The van der Waals surface area contributed by atoms with Gasteiger partial charge < -0.3 is 47.7 Å². The van der Waals surface area contributed by atoms with Crippen LogP contribution in [0.2, 0.25) is 0 Å². The van der Waals surface area contributed by atoms with Gasteiger partial charge in [0, 0.05) is 29.6 Å². The molecule has 14 aliphatic rings. The zero-order valence-electron chi connectivity index (χ0n) is 63.8. The van der Waals surface area contributed by atoms with Crippen LogP contribution in [0.4, 0.5) is 0 Å². The van der Waals surface area contributed by atoms with Gasteiger partial charge in [-0.3, -0.25) is 38.4 Å². The van der Waals surface area contributed by atoms with Crippen molar-refractivity contribution >= 4 is 53.7 Å². The monoisotopic (exact) mass is 1390 g/mol. The van der Waals surface area contributed by atoms with Crippen LogP contribution in [0.25, 0.3) is 0 Å². The number of methoxy groups -OCH3 is 1. The van der Waals surface area contributed by atoms with Crippen LogP contribution in [0.5, 0.6) is 0 Å². The SMILES string of the molecule is CCC(C)(C)C(=O)OC1(C)CCCC12CCCC2.CCC(C)(C)C(=O)OC1(CC)CC2CC1C1C3CCC(C3)C21.CCC(C)(C)C(=O)OC12CC3CC(CC(O)(C3)C1)C2.CCC(C)(C)C(=O)OC1COC(=O)C1.CCC(C)(C)C(=O)OCC(=O)OC1C2CC3C1OC(=O)C3C2C(=O)OC. The van der Waals surface area contributed by atoms with Crippen molar-refractivity contribution in [2.75, 3.05) is 20.3 Å². The van der Waals surface area contributed by atoms with E-state index >= 15 is 0 Å². The summed E-state index contributed by atoms with van der Waals surface area (Å²) in [6.45, 7) is 33.1. The summed E-state index contributed by atoms with van der Waals surface area (Å²) in [5.41, 5.74) is -3.19. The summed E-state index contributed by atoms with van der Waals surface area (Å²) in [7, 11) is 1.27. The Morgan fingerprint density at radius 1 is 0.576 bits per heavy atom. The van der Waals surface area contributed by atoms with E-state index in [1.54, 1.807) is 13.8 Å². The third kappa shape index (κ3) is 15.7. The normalized spacial score (nSPS) is 37.1. The minimum Gasteiger partial charge on any atom is -0.469 e. The quantitative estimate of drug-likeness (QED) is 0.0716. The van der Waals surface area contributed by atoms with Crippen molar-refractivity contribution in [2.45, 2.75) is 325 Å². The first kappa shape index (κ1) is 78.3. The van der Waals surface area contributed by atoms with Crippen LogP contribution in [0.15, 0.2) is 0 Å². The number of rotatable bonds is 19. The van der Waals surface area contributed by atoms with Gasteiger partial charge in [0.2, 0.25) is 0 Å². The summed E-state index contributed by atoms with van der Waals surface area (Å²) in [5, 5.41) is 10.6. The summed E-state index contributed by atoms with van der Waals surface area (Å²) >= 11 is 0. The zero-order valence-corrected chi connectivity index (χ0v) is 63.8. The van der Waals surface area contributed by atoms with Crippen molar-refractivity contribution in [1.82, 2.24) is 0 Å². The molecular weight excluding hydrogens is 1260 g/mol. The molecule has 560 valence electrons. The van der Waals surface area contributed by atoms with E-state index in [1.807, 2.05) is 76.2 Å². The van der Waals surface area contributed by atoms with Crippen molar-refractivity contribution in [1.29, 1.82) is 0 Å². The van der Waals surface area contributed by atoms with Crippen LogP contribution < -0.4 is 0 Å². The summed E-state index contributed by atoms with van der Waals surface area (Å²) < 4.78 is 48.8. The average molecular weight is 1390 g/mol. The fourth-order valence-electron chi connectivity index (χ4n) is 20.5. The van der Waals surface area contributed by atoms with Crippen LogP contribution in [-0.2, 0) is 85.8 Å². The first-order valence-electron chi connectivity index (χ1n) is 38.6. The van der Waals surface area contributed by atoms with Gasteiger partial charge in [0.05, 0.1) is 58.0 Å². The Kier molecular flexibility index (Phi) is 23.2. The number of hydrogen-bond donors (Lipinski definition) is 1. The number of carbonyl (C=O) groups excluding carboxylic acids is 9. The number of fused-ring (bicyclic) bond motifs is 10. The van der Waals surface area contributed by atoms with Crippen LogP contribution in [0, 0.1) is 104 Å². The third-order valence-corrected chi connectivity index (χ3v) is 28.3. The lowest BCUT2D eigenvalue weighted by Gasteiger charge is -2.59. The molecule has 19 nitrogen and oxygen atoms in total. The molecule has 2 heterocycles. The van der Waals surface area contributed by atoms with E-state index in [1.165, 1.54) is 77.7 Å². The number of esters is 9. The Bertz CT molecular complexity index is 2970. The zero-order chi connectivity index (χ0) is 73.0. The second kappa shape index (κ2) is 29.4. The van der Waals surface area contributed by atoms with Crippen LogP contribution >= 0.6 is 0 Å². The Morgan fingerprint density at radius 3 is 1.65 bits per heavy atom. The lowest BCUT2D eigenvalue weighted by atomic mass is 9.52. The van der Waals surface area contributed by atoms with Crippen molar-refractivity contribution in [2.24, 2.45) is 104 Å². The van der Waals surface area contributed by atoms with E-state index in [-0.39, 0.29) is 88.4 Å². The molecular formula is C80H126O19. The molecule has 10 bridgehead atoms. The molecule has 14 rings (SSSR count). The third-order valence-electron chi connectivity index (χ3n) is 28.3. The number of ether oxygens (including phenoxy) is 9. The van der Waals surface area contributed by atoms with Crippen molar-refractivity contribution in [3.05, 3.63) is 0 Å². The fraction of sp³-hybridized carbons (Fsp3) is 0.887. The maximum absolute atomic E-state index is 12.7. The van der Waals surface area contributed by atoms with E-state index in [0.29, 0.717) is 48.9 Å². The highest BCUT2D eigenvalue weighted by Crippen LogP contribution is 2.71. The summed E-state index contributed by atoms with van der Waals surface area (Å²) in [6.07, 6.45) is 25.1. The average Bonchev–Trinajstić information content (AvgIpc) is 1.57. The summed E-state index contributed by atoms with van der Waals surface area (Å²) in [6, 6.07) is 0. The van der Waals surface area contributed by atoms with Gasteiger partial charge in [0.1, 0.15) is 41.7 Å². The molecule has 17 unspecified atom stereocenters. The van der Waals surface area contributed by atoms with Gasteiger partial charge in [-0.1, -0.05) is 54.4 Å². The highest BCUT2D eigenvalue weighted by molar-refractivity contribution is 5.87. The minimum atomic E-state index is -0.717.